The van der Waals surface area contributed by atoms with Gasteiger partial charge in [0, 0.05) is 13.5 Å². The van der Waals surface area contributed by atoms with Crippen molar-refractivity contribution in [3.8, 4) is 5.75 Å². The van der Waals surface area contributed by atoms with E-state index >= 15 is 0 Å². The summed E-state index contributed by atoms with van der Waals surface area (Å²) in [6.45, 7) is 3.48. The van der Waals surface area contributed by atoms with Crippen molar-refractivity contribution in [1.82, 2.24) is 5.32 Å². The maximum absolute atomic E-state index is 11.0. The maximum Gasteiger partial charge on any atom is 0.216 e. The lowest BCUT2D eigenvalue weighted by atomic mass is 10.0. The Morgan fingerprint density at radius 1 is 1.45 bits per heavy atom. The first-order valence-corrected chi connectivity index (χ1v) is 6.32. The Labute approximate surface area is 117 Å². The van der Waals surface area contributed by atoms with Crippen molar-refractivity contribution in [3.63, 3.8) is 0 Å². The molecule has 0 aliphatic carbocycles. The standard InChI is InChI=1S/C14H19NO5/c1-3-20-13-5-4-10(6-11(13)8-16)14(19)12(18)7-15-9(2)17/h4-6,8,12,14,18-19H,3,7H2,1-2H3,(H,15,17). The number of amides is 1. The van der Waals surface area contributed by atoms with Crippen LogP contribution in [0, 0.1) is 0 Å². The maximum atomic E-state index is 11.0. The third-order valence-corrected chi connectivity index (χ3v) is 2.73. The van der Waals surface area contributed by atoms with Gasteiger partial charge in [-0.1, -0.05) is 6.07 Å². The number of aldehydes is 1. The second-order valence-electron chi connectivity index (χ2n) is 4.30. The average molecular weight is 281 g/mol. The summed E-state index contributed by atoms with van der Waals surface area (Å²) in [5, 5.41) is 22.2. The van der Waals surface area contributed by atoms with Gasteiger partial charge in [-0.15, -0.1) is 0 Å². The summed E-state index contributed by atoms with van der Waals surface area (Å²) in [4.78, 5) is 21.7. The molecular formula is C14H19NO5. The molecule has 0 fully saturated rings. The van der Waals surface area contributed by atoms with Gasteiger partial charge in [0.2, 0.25) is 5.91 Å². The average Bonchev–Trinajstić information content (AvgIpc) is 2.44. The van der Waals surface area contributed by atoms with Crippen LogP contribution >= 0.6 is 0 Å². The second-order valence-corrected chi connectivity index (χ2v) is 4.30. The Morgan fingerprint density at radius 3 is 2.70 bits per heavy atom. The van der Waals surface area contributed by atoms with Crippen molar-refractivity contribution in [2.75, 3.05) is 13.2 Å². The highest BCUT2D eigenvalue weighted by atomic mass is 16.5. The van der Waals surface area contributed by atoms with Gasteiger partial charge >= 0.3 is 0 Å². The fourth-order valence-electron chi connectivity index (χ4n) is 1.71. The minimum atomic E-state index is -1.20. The van der Waals surface area contributed by atoms with Crippen molar-refractivity contribution in [3.05, 3.63) is 29.3 Å². The van der Waals surface area contributed by atoms with Gasteiger partial charge < -0.3 is 20.3 Å². The van der Waals surface area contributed by atoms with Gasteiger partial charge in [-0.2, -0.15) is 0 Å². The van der Waals surface area contributed by atoms with Crippen LogP contribution in [0.1, 0.15) is 35.9 Å². The molecule has 1 aromatic rings. The number of aliphatic hydroxyl groups is 2. The number of aliphatic hydroxyl groups excluding tert-OH is 2. The molecular weight excluding hydrogens is 262 g/mol. The largest absolute Gasteiger partial charge is 0.493 e. The van der Waals surface area contributed by atoms with E-state index in [0.717, 1.165) is 0 Å². The summed E-state index contributed by atoms with van der Waals surface area (Å²) in [7, 11) is 0. The van der Waals surface area contributed by atoms with Gasteiger partial charge in [0.1, 0.15) is 18.0 Å². The molecule has 0 saturated carbocycles. The Balaban J connectivity index is 2.84. The van der Waals surface area contributed by atoms with Crippen molar-refractivity contribution in [1.29, 1.82) is 0 Å². The minimum Gasteiger partial charge on any atom is -0.493 e. The fourth-order valence-corrected chi connectivity index (χ4v) is 1.71. The van der Waals surface area contributed by atoms with Crippen LogP contribution in [0.5, 0.6) is 5.75 Å². The van der Waals surface area contributed by atoms with Crippen molar-refractivity contribution >= 4 is 12.2 Å². The van der Waals surface area contributed by atoms with Crippen LogP contribution in [-0.4, -0.2) is 41.7 Å². The number of nitrogens with one attached hydrogen (secondary N) is 1. The van der Waals surface area contributed by atoms with Gasteiger partial charge in [-0.05, 0) is 24.6 Å². The SMILES string of the molecule is CCOc1ccc(C(O)C(O)CNC(C)=O)cc1C=O. The van der Waals surface area contributed by atoms with Gasteiger partial charge in [0.15, 0.2) is 6.29 Å². The fraction of sp³-hybridized carbons (Fsp3) is 0.429. The van der Waals surface area contributed by atoms with E-state index in [4.69, 9.17) is 4.74 Å². The molecule has 1 rings (SSSR count). The molecule has 1 aromatic carbocycles. The monoisotopic (exact) mass is 281 g/mol. The van der Waals surface area contributed by atoms with E-state index in [2.05, 4.69) is 5.32 Å². The van der Waals surface area contributed by atoms with Crippen LogP contribution in [0.2, 0.25) is 0 Å². The van der Waals surface area contributed by atoms with Gasteiger partial charge in [-0.25, -0.2) is 0 Å². The number of benzene rings is 1. The molecule has 20 heavy (non-hydrogen) atoms. The van der Waals surface area contributed by atoms with E-state index in [9.17, 15) is 19.8 Å². The molecule has 0 aliphatic rings. The van der Waals surface area contributed by atoms with Crippen LogP contribution in [0.15, 0.2) is 18.2 Å². The van der Waals surface area contributed by atoms with Crippen molar-refractivity contribution < 1.29 is 24.5 Å². The predicted octanol–water partition coefficient (Wildman–Crippen LogP) is 0.428. The molecule has 0 bridgehead atoms. The molecule has 0 aromatic heterocycles. The molecule has 6 nitrogen and oxygen atoms in total. The summed E-state index contributed by atoms with van der Waals surface area (Å²) in [6, 6.07) is 4.59. The summed E-state index contributed by atoms with van der Waals surface area (Å²) in [5.41, 5.74) is 0.684. The zero-order valence-corrected chi connectivity index (χ0v) is 11.5. The van der Waals surface area contributed by atoms with Gasteiger partial charge in [0.25, 0.3) is 0 Å². The van der Waals surface area contributed by atoms with Crippen molar-refractivity contribution in [2.24, 2.45) is 0 Å². The van der Waals surface area contributed by atoms with Crippen LogP contribution < -0.4 is 10.1 Å². The van der Waals surface area contributed by atoms with Crippen LogP contribution in [0.4, 0.5) is 0 Å². The highest BCUT2D eigenvalue weighted by Crippen LogP contribution is 2.24. The third-order valence-electron chi connectivity index (χ3n) is 2.73. The van der Waals surface area contributed by atoms with E-state index in [1.807, 2.05) is 0 Å². The van der Waals surface area contributed by atoms with E-state index in [1.165, 1.54) is 13.0 Å². The molecule has 2 unspecified atom stereocenters. The molecule has 6 heteroatoms. The predicted molar refractivity (Wildman–Crippen MR) is 72.6 cm³/mol. The Morgan fingerprint density at radius 2 is 2.15 bits per heavy atom. The lowest BCUT2D eigenvalue weighted by Crippen LogP contribution is -2.34. The molecule has 110 valence electrons. The first kappa shape index (κ1) is 16.1. The summed E-state index contributed by atoms with van der Waals surface area (Å²) in [5.74, 6) is 0.131. The van der Waals surface area contributed by atoms with Gasteiger partial charge in [0.05, 0.1) is 12.2 Å². The second kappa shape index (κ2) is 7.62. The molecule has 0 spiro atoms. The zero-order chi connectivity index (χ0) is 15.1. The van der Waals surface area contributed by atoms with Gasteiger partial charge in [-0.3, -0.25) is 9.59 Å². The Hall–Kier alpha value is -1.92. The molecule has 0 heterocycles. The van der Waals surface area contributed by atoms with Crippen LogP contribution in [0.25, 0.3) is 0 Å². The van der Waals surface area contributed by atoms with E-state index in [1.54, 1.807) is 19.1 Å². The number of hydrogen-bond donors (Lipinski definition) is 3. The summed E-state index contributed by atoms with van der Waals surface area (Å²) >= 11 is 0. The molecule has 0 aliphatic heterocycles. The first-order valence-electron chi connectivity index (χ1n) is 6.32. The minimum absolute atomic E-state index is 0.0693. The van der Waals surface area contributed by atoms with Crippen molar-refractivity contribution in [2.45, 2.75) is 26.1 Å². The first-order chi connectivity index (χ1) is 9.49. The number of rotatable bonds is 7. The van der Waals surface area contributed by atoms with E-state index in [0.29, 0.717) is 29.8 Å². The summed E-state index contributed by atoms with van der Waals surface area (Å²) in [6.07, 6.45) is -1.73. The van der Waals surface area contributed by atoms with E-state index < -0.39 is 12.2 Å². The Kier molecular flexibility index (Phi) is 6.14. The number of ether oxygens (including phenoxy) is 1. The highest BCUT2D eigenvalue weighted by molar-refractivity contribution is 5.79. The molecule has 2 atom stereocenters. The Bertz CT molecular complexity index is 475. The van der Waals surface area contributed by atoms with E-state index in [-0.39, 0.29) is 12.5 Å². The topological polar surface area (TPSA) is 95.9 Å². The number of carbonyl (C=O) groups is 2. The molecule has 0 radical (unpaired) electrons. The lowest BCUT2D eigenvalue weighted by Gasteiger charge is -2.19. The zero-order valence-electron chi connectivity index (χ0n) is 11.5. The normalized spacial score (nSPS) is 13.4. The molecule has 3 N–H and O–H groups in total. The van der Waals surface area contributed by atoms with Crippen LogP contribution in [-0.2, 0) is 4.79 Å². The molecule has 0 saturated heterocycles. The van der Waals surface area contributed by atoms with Crippen LogP contribution in [0.3, 0.4) is 0 Å². The molecule has 1 amide bonds. The number of carbonyl (C=O) groups excluding carboxylic acids is 2. The smallest absolute Gasteiger partial charge is 0.216 e. The summed E-state index contributed by atoms with van der Waals surface area (Å²) < 4.78 is 5.27. The number of hydrogen-bond acceptors (Lipinski definition) is 5. The lowest BCUT2D eigenvalue weighted by molar-refractivity contribution is -0.119. The third kappa shape index (κ3) is 4.32. The quantitative estimate of drug-likeness (QED) is 0.630. The highest BCUT2D eigenvalue weighted by Gasteiger charge is 2.19.